The Balaban J connectivity index is 1.84. The zero-order chi connectivity index (χ0) is 16.2. The van der Waals surface area contributed by atoms with E-state index < -0.39 is 0 Å². The van der Waals surface area contributed by atoms with Crippen LogP contribution < -0.4 is 4.74 Å². The number of benzene rings is 1. The molecular weight excluding hydrogens is 310 g/mol. The van der Waals surface area contributed by atoms with E-state index in [-0.39, 0.29) is 11.9 Å². The number of rotatable bonds is 4. The third-order valence-electron chi connectivity index (χ3n) is 4.24. The lowest BCUT2D eigenvalue weighted by molar-refractivity contribution is -0.134. The van der Waals surface area contributed by atoms with Gasteiger partial charge in [0, 0.05) is 44.0 Å². The molecule has 0 spiro atoms. The molecule has 122 valence electrons. The number of nitrogens with zero attached hydrogens (tertiary/aromatic N) is 3. The van der Waals surface area contributed by atoms with Crippen LogP contribution in [0.2, 0.25) is 0 Å². The quantitative estimate of drug-likeness (QED) is 0.864. The van der Waals surface area contributed by atoms with E-state index >= 15 is 0 Å². The first-order valence-corrected chi connectivity index (χ1v) is 8.63. The zero-order valence-corrected chi connectivity index (χ0v) is 14.3. The maximum absolute atomic E-state index is 12.1. The Kier molecular flexibility index (Phi) is 4.93. The first-order chi connectivity index (χ1) is 11.2. The van der Waals surface area contributed by atoms with Gasteiger partial charge < -0.3 is 9.64 Å². The summed E-state index contributed by atoms with van der Waals surface area (Å²) in [7, 11) is 1.67. The van der Waals surface area contributed by atoms with Crippen molar-refractivity contribution in [3.63, 3.8) is 0 Å². The summed E-state index contributed by atoms with van der Waals surface area (Å²) in [4.78, 5) is 20.7. The first-order valence-electron chi connectivity index (χ1n) is 7.68. The van der Waals surface area contributed by atoms with E-state index in [0.717, 1.165) is 43.2 Å². The number of aromatic nitrogens is 1. The highest BCUT2D eigenvalue weighted by molar-refractivity contribution is 7.07. The highest BCUT2D eigenvalue weighted by Gasteiger charge is 2.31. The Hall–Kier alpha value is -1.92. The van der Waals surface area contributed by atoms with Gasteiger partial charge in [0.05, 0.1) is 24.4 Å². The molecule has 1 aromatic carbocycles. The second kappa shape index (κ2) is 7.10. The van der Waals surface area contributed by atoms with Crippen molar-refractivity contribution in [2.24, 2.45) is 0 Å². The number of carbonyl (C=O) groups is 1. The topological polar surface area (TPSA) is 45.7 Å². The molecule has 1 saturated heterocycles. The summed E-state index contributed by atoms with van der Waals surface area (Å²) in [5.41, 5.74) is 4.01. The van der Waals surface area contributed by atoms with Gasteiger partial charge in [0.1, 0.15) is 5.75 Å². The van der Waals surface area contributed by atoms with Crippen LogP contribution in [-0.2, 0) is 11.3 Å². The molecule has 1 atom stereocenters. The van der Waals surface area contributed by atoms with Crippen molar-refractivity contribution < 1.29 is 9.53 Å². The van der Waals surface area contributed by atoms with Gasteiger partial charge in [-0.15, -0.1) is 11.3 Å². The Morgan fingerprint density at radius 3 is 2.91 bits per heavy atom. The Morgan fingerprint density at radius 1 is 1.39 bits per heavy atom. The summed E-state index contributed by atoms with van der Waals surface area (Å²) in [6, 6.07) is 7.96. The molecule has 1 fully saturated rings. The molecule has 1 aromatic heterocycles. The number of ether oxygens (including phenoxy) is 1. The number of hydrogen-bond acceptors (Lipinski definition) is 5. The van der Waals surface area contributed by atoms with Crippen LogP contribution in [0.1, 0.15) is 24.2 Å². The van der Waals surface area contributed by atoms with Gasteiger partial charge in [-0.25, -0.2) is 4.98 Å². The smallest absolute Gasteiger partial charge is 0.220 e. The monoisotopic (exact) mass is 331 g/mol. The molecule has 2 heterocycles. The second-order valence-corrected chi connectivity index (χ2v) is 6.40. The van der Waals surface area contributed by atoms with E-state index in [1.807, 2.05) is 34.7 Å². The lowest BCUT2D eigenvalue weighted by Crippen LogP contribution is -2.49. The van der Waals surface area contributed by atoms with E-state index in [1.165, 1.54) is 0 Å². The van der Waals surface area contributed by atoms with E-state index in [0.29, 0.717) is 0 Å². The minimum absolute atomic E-state index is 0.0102. The van der Waals surface area contributed by atoms with Gasteiger partial charge in [0.25, 0.3) is 0 Å². The van der Waals surface area contributed by atoms with Crippen molar-refractivity contribution >= 4 is 17.2 Å². The van der Waals surface area contributed by atoms with Gasteiger partial charge in [0.15, 0.2) is 0 Å². The number of piperazine rings is 1. The molecule has 0 unspecified atom stereocenters. The molecular formula is C17H21N3O2S. The van der Waals surface area contributed by atoms with Crippen LogP contribution >= 0.6 is 11.3 Å². The number of thiazole rings is 1. The highest BCUT2D eigenvalue weighted by Crippen LogP contribution is 2.32. The molecule has 5 nitrogen and oxygen atoms in total. The fourth-order valence-electron chi connectivity index (χ4n) is 3.11. The zero-order valence-electron chi connectivity index (χ0n) is 13.4. The molecule has 1 aliphatic rings. The van der Waals surface area contributed by atoms with E-state index in [9.17, 15) is 4.79 Å². The van der Waals surface area contributed by atoms with Gasteiger partial charge in [-0.05, 0) is 6.07 Å². The standard InChI is InChI=1S/C17H21N3O2S/c1-13(21)20-8-7-19(9-14-11-23-12-18-14)10-16(20)15-5-3-4-6-17(15)22-2/h3-6,11-12,16H,7-10H2,1-2H3/t16-/m0/s1. The summed E-state index contributed by atoms with van der Waals surface area (Å²) < 4.78 is 5.50. The summed E-state index contributed by atoms with van der Waals surface area (Å²) in [6.45, 7) is 4.84. The van der Waals surface area contributed by atoms with Crippen LogP contribution in [-0.4, -0.2) is 47.4 Å². The second-order valence-electron chi connectivity index (χ2n) is 5.69. The summed E-state index contributed by atoms with van der Waals surface area (Å²) >= 11 is 1.61. The van der Waals surface area contributed by atoms with Crippen LogP contribution in [0.25, 0.3) is 0 Å². The maximum Gasteiger partial charge on any atom is 0.220 e. The number of amides is 1. The largest absolute Gasteiger partial charge is 0.496 e. The predicted molar refractivity (Wildman–Crippen MR) is 90.5 cm³/mol. The van der Waals surface area contributed by atoms with Gasteiger partial charge in [-0.2, -0.15) is 0 Å². The van der Waals surface area contributed by atoms with Gasteiger partial charge in [0.2, 0.25) is 5.91 Å². The maximum atomic E-state index is 12.1. The molecule has 0 radical (unpaired) electrons. The normalized spacial score (nSPS) is 18.9. The summed E-state index contributed by atoms with van der Waals surface area (Å²) in [5, 5.41) is 2.08. The van der Waals surface area contributed by atoms with Crippen molar-refractivity contribution in [1.82, 2.24) is 14.8 Å². The molecule has 1 aliphatic heterocycles. The van der Waals surface area contributed by atoms with Crippen molar-refractivity contribution in [1.29, 1.82) is 0 Å². The lowest BCUT2D eigenvalue weighted by atomic mass is 10.0. The van der Waals surface area contributed by atoms with E-state index in [2.05, 4.69) is 15.3 Å². The van der Waals surface area contributed by atoms with Crippen LogP contribution in [0.4, 0.5) is 0 Å². The van der Waals surface area contributed by atoms with Crippen LogP contribution in [0.3, 0.4) is 0 Å². The van der Waals surface area contributed by atoms with Crippen molar-refractivity contribution in [2.45, 2.75) is 19.5 Å². The molecule has 0 N–H and O–H groups in total. The van der Waals surface area contributed by atoms with Crippen LogP contribution in [0.15, 0.2) is 35.2 Å². The Labute approximate surface area is 140 Å². The average Bonchev–Trinajstić information content (AvgIpc) is 3.07. The Bertz CT molecular complexity index is 660. The molecule has 2 aromatic rings. The number of hydrogen-bond donors (Lipinski definition) is 0. The van der Waals surface area contributed by atoms with Crippen molar-refractivity contribution in [2.75, 3.05) is 26.7 Å². The molecule has 0 aliphatic carbocycles. The summed E-state index contributed by atoms with van der Waals surface area (Å²) in [5.74, 6) is 0.938. The molecule has 3 rings (SSSR count). The highest BCUT2D eigenvalue weighted by atomic mass is 32.1. The molecule has 1 amide bonds. The van der Waals surface area contributed by atoms with Crippen LogP contribution in [0.5, 0.6) is 5.75 Å². The minimum Gasteiger partial charge on any atom is -0.496 e. The molecule has 6 heteroatoms. The van der Waals surface area contributed by atoms with Crippen LogP contribution in [0, 0.1) is 0 Å². The number of carbonyl (C=O) groups excluding carboxylic acids is 1. The van der Waals surface area contributed by atoms with Crippen molar-refractivity contribution in [3.8, 4) is 5.75 Å². The third kappa shape index (κ3) is 3.54. The lowest BCUT2D eigenvalue weighted by Gasteiger charge is -2.41. The average molecular weight is 331 g/mol. The molecule has 23 heavy (non-hydrogen) atoms. The van der Waals surface area contributed by atoms with E-state index in [4.69, 9.17) is 4.74 Å². The Morgan fingerprint density at radius 2 is 2.22 bits per heavy atom. The molecule has 0 bridgehead atoms. The minimum atomic E-state index is 0.0102. The van der Waals surface area contributed by atoms with Crippen molar-refractivity contribution in [3.05, 3.63) is 46.4 Å². The van der Waals surface area contributed by atoms with E-state index in [1.54, 1.807) is 25.4 Å². The number of methoxy groups -OCH3 is 1. The fourth-order valence-corrected chi connectivity index (χ4v) is 3.66. The van der Waals surface area contributed by atoms with Gasteiger partial charge in [-0.3, -0.25) is 9.69 Å². The molecule has 0 saturated carbocycles. The SMILES string of the molecule is COc1ccccc1[C@@H]1CN(Cc2cscn2)CCN1C(C)=O. The number of para-hydroxylation sites is 1. The third-order valence-corrected chi connectivity index (χ3v) is 4.87. The van der Waals surface area contributed by atoms with Gasteiger partial charge in [-0.1, -0.05) is 18.2 Å². The summed E-state index contributed by atoms with van der Waals surface area (Å²) in [6.07, 6.45) is 0. The first kappa shape index (κ1) is 16.0. The predicted octanol–water partition coefficient (Wildman–Crippen LogP) is 2.56. The van der Waals surface area contributed by atoms with Gasteiger partial charge >= 0.3 is 0 Å². The fraction of sp³-hybridized carbons (Fsp3) is 0.412.